The van der Waals surface area contributed by atoms with Crippen LogP contribution in [0.1, 0.15) is 0 Å². The lowest BCUT2D eigenvalue weighted by atomic mass is 9.99. The monoisotopic (exact) mass is 410 g/mol. The minimum absolute atomic E-state index is 0.888. The third kappa shape index (κ3) is 2.41. The molecule has 0 spiro atoms. The first-order valence-corrected chi connectivity index (χ1v) is 10.8. The lowest BCUT2D eigenvalue weighted by Gasteiger charge is -2.04. The van der Waals surface area contributed by atoms with Crippen LogP contribution < -0.4 is 0 Å². The summed E-state index contributed by atoms with van der Waals surface area (Å²) < 4.78 is 12.9. The molecule has 32 heavy (non-hydrogen) atoms. The normalized spacial score (nSPS) is 11.8. The van der Waals surface area contributed by atoms with E-state index in [9.17, 15) is 0 Å². The fraction of sp³-hybridized carbons (Fsp3) is 0. The number of hydrogen-bond donors (Lipinski definition) is 0. The quantitative estimate of drug-likeness (QED) is 0.284. The summed E-state index contributed by atoms with van der Waals surface area (Å²) in [5, 5.41) is 4.49. The fourth-order valence-corrected chi connectivity index (χ4v) is 4.84. The van der Waals surface area contributed by atoms with Gasteiger partial charge in [0.05, 0.1) is 0 Å². The first-order valence-electron chi connectivity index (χ1n) is 10.8. The van der Waals surface area contributed by atoms with E-state index in [0.29, 0.717) is 0 Å². The Bertz CT molecular complexity index is 1770. The SMILES string of the molecule is c1ccc(-c2cccc3c2oc2c(-c4cccc5c4oc4ccccc45)cccc23)cc1. The number of fused-ring (bicyclic) bond motifs is 6. The topological polar surface area (TPSA) is 26.3 Å². The van der Waals surface area contributed by atoms with Crippen molar-refractivity contribution in [1.29, 1.82) is 0 Å². The Morgan fingerprint density at radius 3 is 1.56 bits per heavy atom. The van der Waals surface area contributed by atoms with Crippen molar-refractivity contribution in [1.82, 2.24) is 0 Å². The van der Waals surface area contributed by atoms with E-state index in [-0.39, 0.29) is 0 Å². The Balaban J connectivity index is 1.56. The maximum absolute atomic E-state index is 6.60. The van der Waals surface area contributed by atoms with Crippen molar-refractivity contribution in [3.63, 3.8) is 0 Å². The first kappa shape index (κ1) is 17.4. The smallest absolute Gasteiger partial charge is 0.143 e. The molecule has 150 valence electrons. The molecule has 0 saturated heterocycles. The number of hydrogen-bond acceptors (Lipinski definition) is 2. The Morgan fingerprint density at radius 1 is 0.344 bits per heavy atom. The molecule has 2 heterocycles. The molecule has 0 amide bonds. The van der Waals surface area contributed by atoms with Gasteiger partial charge in [-0.1, -0.05) is 103 Å². The van der Waals surface area contributed by atoms with Crippen molar-refractivity contribution in [3.8, 4) is 22.3 Å². The van der Waals surface area contributed by atoms with Gasteiger partial charge in [-0.3, -0.25) is 0 Å². The van der Waals surface area contributed by atoms with Gasteiger partial charge in [0, 0.05) is 38.2 Å². The van der Waals surface area contributed by atoms with Crippen LogP contribution in [0.3, 0.4) is 0 Å². The van der Waals surface area contributed by atoms with Crippen LogP contribution in [0.2, 0.25) is 0 Å². The maximum Gasteiger partial charge on any atom is 0.143 e. The molecule has 7 aromatic rings. The molecule has 2 nitrogen and oxygen atoms in total. The van der Waals surface area contributed by atoms with Gasteiger partial charge in [-0.2, -0.15) is 0 Å². The van der Waals surface area contributed by atoms with Gasteiger partial charge in [0.1, 0.15) is 22.3 Å². The second kappa shape index (κ2) is 6.60. The molecular weight excluding hydrogens is 392 g/mol. The van der Waals surface area contributed by atoms with Crippen molar-refractivity contribution in [2.45, 2.75) is 0 Å². The van der Waals surface area contributed by atoms with Crippen molar-refractivity contribution in [2.75, 3.05) is 0 Å². The van der Waals surface area contributed by atoms with Gasteiger partial charge < -0.3 is 8.83 Å². The predicted molar refractivity (Wildman–Crippen MR) is 132 cm³/mol. The molecule has 2 aromatic heterocycles. The molecule has 5 aromatic carbocycles. The van der Waals surface area contributed by atoms with Gasteiger partial charge >= 0.3 is 0 Å². The van der Waals surface area contributed by atoms with Crippen LogP contribution in [0.4, 0.5) is 0 Å². The molecule has 0 fully saturated rings. The average Bonchev–Trinajstić information content (AvgIpc) is 3.43. The van der Waals surface area contributed by atoms with Gasteiger partial charge in [0.15, 0.2) is 0 Å². The largest absolute Gasteiger partial charge is 0.455 e. The maximum atomic E-state index is 6.60. The molecule has 0 aliphatic rings. The van der Waals surface area contributed by atoms with E-state index < -0.39 is 0 Å². The van der Waals surface area contributed by atoms with Crippen LogP contribution in [0, 0.1) is 0 Å². The van der Waals surface area contributed by atoms with Gasteiger partial charge in [-0.05, 0) is 11.6 Å². The summed E-state index contributed by atoms with van der Waals surface area (Å²) in [7, 11) is 0. The van der Waals surface area contributed by atoms with E-state index in [1.807, 2.05) is 18.2 Å². The summed E-state index contributed by atoms with van der Waals surface area (Å²) in [5.41, 5.74) is 7.94. The third-order valence-corrected chi connectivity index (χ3v) is 6.30. The van der Waals surface area contributed by atoms with Crippen molar-refractivity contribution >= 4 is 43.9 Å². The van der Waals surface area contributed by atoms with Crippen molar-refractivity contribution in [3.05, 3.63) is 109 Å². The van der Waals surface area contributed by atoms with Crippen LogP contribution in [0.5, 0.6) is 0 Å². The highest BCUT2D eigenvalue weighted by molar-refractivity contribution is 6.16. The van der Waals surface area contributed by atoms with Gasteiger partial charge in [-0.25, -0.2) is 0 Å². The fourth-order valence-electron chi connectivity index (χ4n) is 4.84. The second-order valence-corrected chi connectivity index (χ2v) is 8.11. The first-order chi connectivity index (χ1) is 15.9. The van der Waals surface area contributed by atoms with E-state index in [1.165, 1.54) is 0 Å². The van der Waals surface area contributed by atoms with E-state index in [4.69, 9.17) is 8.83 Å². The lowest BCUT2D eigenvalue weighted by molar-refractivity contribution is 0.665. The van der Waals surface area contributed by atoms with Crippen LogP contribution in [-0.2, 0) is 0 Å². The molecule has 0 radical (unpaired) electrons. The van der Waals surface area contributed by atoms with Crippen LogP contribution in [-0.4, -0.2) is 0 Å². The molecule has 0 atom stereocenters. The molecule has 0 unspecified atom stereocenters. The molecule has 0 N–H and O–H groups in total. The van der Waals surface area contributed by atoms with Crippen LogP contribution >= 0.6 is 0 Å². The summed E-state index contributed by atoms with van der Waals surface area (Å²) in [6.07, 6.45) is 0. The minimum atomic E-state index is 0.888. The molecule has 0 aliphatic carbocycles. The summed E-state index contributed by atoms with van der Waals surface area (Å²) in [6, 6.07) is 37.6. The van der Waals surface area contributed by atoms with E-state index >= 15 is 0 Å². The molecule has 0 aliphatic heterocycles. The van der Waals surface area contributed by atoms with E-state index in [2.05, 4.69) is 91.0 Å². The van der Waals surface area contributed by atoms with E-state index in [1.54, 1.807) is 0 Å². The molecule has 0 bridgehead atoms. The summed E-state index contributed by atoms with van der Waals surface area (Å²) in [4.78, 5) is 0. The third-order valence-electron chi connectivity index (χ3n) is 6.30. The highest BCUT2D eigenvalue weighted by Crippen LogP contribution is 2.42. The van der Waals surface area contributed by atoms with Crippen LogP contribution in [0.15, 0.2) is 118 Å². The minimum Gasteiger partial charge on any atom is -0.455 e. The highest BCUT2D eigenvalue weighted by atomic mass is 16.3. The number of furan rings is 2. The van der Waals surface area contributed by atoms with Gasteiger partial charge in [0.2, 0.25) is 0 Å². The Labute approximate surface area is 184 Å². The Morgan fingerprint density at radius 2 is 0.844 bits per heavy atom. The molecule has 0 saturated carbocycles. The van der Waals surface area contributed by atoms with Gasteiger partial charge in [0.25, 0.3) is 0 Å². The average molecular weight is 410 g/mol. The summed E-state index contributed by atoms with van der Waals surface area (Å²) in [6.45, 7) is 0. The molecular formula is C30H18O2. The number of para-hydroxylation sites is 4. The zero-order valence-corrected chi connectivity index (χ0v) is 17.2. The lowest BCUT2D eigenvalue weighted by Crippen LogP contribution is -1.80. The van der Waals surface area contributed by atoms with Gasteiger partial charge in [-0.15, -0.1) is 0 Å². The van der Waals surface area contributed by atoms with Crippen molar-refractivity contribution in [2.24, 2.45) is 0 Å². The van der Waals surface area contributed by atoms with Crippen molar-refractivity contribution < 1.29 is 8.83 Å². The summed E-state index contributed by atoms with van der Waals surface area (Å²) in [5.74, 6) is 0. The molecule has 2 heteroatoms. The van der Waals surface area contributed by atoms with Crippen LogP contribution in [0.25, 0.3) is 66.1 Å². The summed E-state index contributed by atoms with van der Waals surface area (Å²) >= 11 is 0. The number of rotatable bonds is 2. The second-order valence-electron chi connectivity index (χ2n) is 8.11. The predicted octanol–water partition coefficient (Wildman–Crippen LogP) is 8.82. The van der Waals surface area contributed by atoms with E-state index in [0.717, 1.165) is 66.1 Å². The Hall–Kier alpha value is -4.30. The zero-order chi connectivity index (χ0) is 21.1. The standard InChI is InChI=1S/C30H18O2/c1-2-9-19(10-3-1)20-12-6-14-23-25-16-8-17-26(30(25)32-28(20)23)24-15-7-13-22-21-11-4-5-18-27(21)31-29(22)24/h1-18H. The molecule has 7 rings (SSSR count). The zero-order valence-electron chi connectivity index (χ0n) is 17.2. The highest BCUT2D eigenvalue weighted by Gasteiger charge is 2.18. The Kier molecular flexibility index (Phi) is 3.58. The number of benzene rings is 5.